The summed E-state index contributed by atoms with van der Waals surface area (Å²) in [6, 6.07) is 2.03. The average molecular weight is 153 g/mol. The van der Waals surface area contributed by atoms with E-state index in [1.165, 1.54) is 5.56 Å². The molecule has 0 unspecified atom stereocenters. The molecule has 0 bridgehead atoms. The summed E-state index contributed by atoms with van der Waals surface area (Å²) >= 11 is 0. The SMILES string of the molecule is CCNCc1ccoc1CC. The summed E-state index contributed by atoms with van der Waals surface area (Å²) in [5.41, 5.74) is 1.29. The first-order valence-electron chi connectivity index (χ1n) is 4.14. The summed E-state index contributed by atoms with van der Waals surface area (Å²) in [6.45, 7) is 6.14. The highest BCUT2D eigenvalue weighted by atomic mass is 16.3. The molecule has 62 valence electrons. The Balaban J connectivity index is 2.54. The second-order valence-corrected chi connectivity index (χ2v) is 2.50. The second kappa shape index (κ2) is 4.19. The van der Waals surface area contributed by atoms with E-state index < -0.39 is 0 Å². The molecule has 0 spiro atoms. The Bertz CT molecular complexity index is 205. The molecule has 0 saturated carbocycles. The lowest BCUT2D eigenvalue weighted by atomic mass is 10.2. The van der Waals surface area contributed by atoms with Crippen LogP contribution in [0.5, 0.6) is 0 Å². The molecule has 1 aromatic heterocycles. The number of rotatable bonds is 4. The highest BCUT2D eigenvalue weighted by molar-refractivity contribution is 5.16. The zero-order valence-electron chi connectivity index (χ0n) is 7.18. The van der Waals surface area contributed by atoms with Crippen LogP contribution in [0.2, 0.25) is 0 Å². The van der Waals surface area contributed by atoms with E-state index >= 15 is 0 Å². The number of furan rings is 1. The van der Waals surface area contributed by atoms with Crippen molar-refractivity contribution in [1.82, 2.24) is 5.32 Å². The van der Waals surface area contributed by atoms with E-state index in [0.717, 1.165) is 25.3 Å². The molecule has 0 radical (unpaired) electrons. The van der Waals surface area contributed by atoms with Crippen molar-refractivity contribution in [3.05, 3.63) is 23.7 Å². The van der Waals surface area contributed by atoms with Gasteiger partial charge in [0.1, 0.15) is 5.76 Å². The van der Waals surface area contributed by atoms with Gasteiger partial charge in [0.25, 0.3) is 0 Å². The molecule has 1 N–H and O–H groups in total. The van der Waals surface area contributed by atoms with Crippen LogP contribution < -0.4 is 5.32 Å². The zero-order valence-corrected chi connectivity index (χ0v) is 7.18. The monoisotopic (exact) mass is 153 g/mol. The normalized spacial score (nSPS) is 10.4. The highest BCUT2D eigenvalue weighted by Gasteiger charge is 2.01. The van der Waals surface area contributed by atoms with Crippen molar-refractivity contribution < 1.29 is 4.42 Å². The van der Waals surface area contributed by atoms with Crippen molar-refractivity contribution >= 4 is 0 Å². The Morgan fingerprint density at radius 2 is 2.27 bits per heavy atom. The minimum atomic E-state index is 0.927. The van der Waals surface area contributed by atoms with Crippen molar-refractivity contribution in [3.8, 4) is 0 Å². The summed E-state index contributed by atoms with van der Waals surface area (Å²) in [4.78, 5) is 0. The molecule has 1 heterocycles. The van der Waals surface area contributed by atoms with E-state index in [4.69, 9.17) is 4.42 Å². The van der Waals surface area contributed by atoms with Gasteiger partial charge in [-0.3, -0.25) is 0 Å². The molecule has 0 aliphatic rings. The molecular formula is C9H15NO. The number of nitrogens with one attached hydrogen (secondary N) is 1. The summed E-state index contributed by atoms with van der Waals surface area (Å²) in [6.07, 6.45) is 2.74. The third kappa shape index (κ3) is 2.09. The van der Waals surface area contributed by atoms with Crippen molar-refractivity contribution in [1.29, 1.82) is 0 Å². The minimum absolute atomic E-state index is 0.927. The van der Waals surface area contributed by atoms with Crippen molar-refractivity contribution in [2.24, 2.45) is 0 Å². The maximum absolute atomic E-state index is 5.27. The molecule has 2 heteroatoms. The smallest absolute Gasteiger partial charge is 0.107 e. The summed E-state index contributed by atoms with van der Waals surface area (Å²) < 4.78 is 5.27. The lowest BCUT2D eigenvalue weighted by molar-refractivity contribution is 0.508. The Morgan fingerprint density at radius 1 is 1.45 bits per heavy atom. The van der Waals surface area contributed by atoms with Crippen LogP contribution in [-0.2, 0) is 13.0 Å². The highest BCUT2D eigenvalue weighted by Crippen LogP contribution is 2.10. The van der Waals surface area contributed by atoms with Gasteiger partial charge in [-0.2, -0.15) is 0 Å². The molecule has 0 aliphatic heterocycles. The van der Waals surface area contributed by atoms with Crippen LogP contribution in [0, 0.1) is 0 Å². The number of aryl methyl sites for hydroxylation is 1. The summed E-state index contributed by atoms with van der Waals surface area (Å²) in [5, 5.41) is 3.27. The third-order valence-corrected chi connectivity index (χ3v) is 1.72. The Kier molecular flexibility index (Phi) is 3.17. The van der Waals surface area contributed by atoms with E-state index in [9.17, 15) is 0 Å². The quantitative estimate of drug-likeness (QED) is 0.715. The molecule has 2 nitrogen and oxygen atoms in total. The van der Waals surface area contributed by atoms with E-state index in [2.05, 4.69) is 19.2 Å². The number of hydrogen-bond acceptors (Lipinski definition) is 2. The van der Waals surface area contributed by atoms with Crippen LogP contribution in [0.4, 0.5) is 0 Å². The van der Waals surface area contributed by atoms with Gasteiger partial charge in [0, 0.05) is 18.5 Å². The fourth-order valence-electron chi connectivity index (χ4n) is 1.09. The predicted molar refractivity (Wildman–Crippen MR) is 45.5 cm³/mol. The Hall–Kier alpha value is -0.760. The molecular weight excluding hydrogens is 138 g/mol. The topological polar surface area (TPSA) is 25.2 Å². The standard InChI is InChI=1S/C9H15NO/c1-3-9-8(5-6-11-9)7-10-4-2/h5-6,10H,3-4,7H2,1-2H3. The van der Waals surface area contributed by atoms with Crippen LogP contribution in [-0.4, -0.2) is 6.54 Å². The second-order valence-electron chi connectivity index (χ2n) is 2.50. The Morgan fingerprint density at radius 3 is 2.91 bits per heavy atom. The van der Waals surface area contributed by atoms with Gasteiger partial charge in [-0.15, -0.1) is 0 Å². The van der Waals surface area contributed by atoms with Gasteiger partial charge in [-0.25, -0.2) is 0 Å². The van der Waals surface area contributed by atoms with Gasteiger partial charge in [0.2, 0.25) is 0 Å². The first-order chi connectivity index (χ1) is 5.38. The number of hydrogen-bond donors (Lipinski definition) is 1. The molecule has 1 rings (SSSR count). The van der Waals surface area contributed by atoms with Crippen LogP contribution in [0.25, 0.3) is 0 Å². The summed E-state index contributed by atoms with van der Waals surface area (Å²) in [5.74, 6) is 1.10. The fraction of sp³-hybridized carbons (Fsp3) is 0.556. The van der Waals surface area contributed by atoms with Crippen LogP contribution >= 0.6 is 0 Å². The lowest BCUT2D eigenvalue weighted by Crippen LogP contribution is -2.12. The molecule has 0 atom stereocenters. The molecule has 11 heavy (non-hydrogen) atoms. The van der Waals surface area contributed by atoms with Gasteiger partial charge in [0.15, 0.2) is 0 Å². The molecule has 0 saturated heterocycles. The zero-order chi connectivity index (χ0) is 8.10. The van der Waals surface area contributed by atoms with Crippen LogP contribution in [0.3, 0.4) is 0 Å². The minimum Gasteiger partial charge on any atom is -0.469 e. The van der Waals surface area contributed by atoms with E-state index in [-0.39, 0.29) is 0 Å². The molecule has 0 fully saturated rings. The van der Waals surface area contributed by atoms with Crippen molar-refractivity contribution in [2.75, 3.05) is 6.54 Å². The van der Waals surface area contributed by atoms with Gasteiger partial charge in [-0.05, 0) is 12.6 Å². The van der Waals surface area contributed by atoms with Crippen molar-refractivity contribution in [3.63, 3.8) is 0 Å². The van der Waals surface area contributed by atoms with Gasteiger partial charge >= 0.3 is 0 Å². The van der Waals surface area contributed by atoms with Crippen molar-refractivity contribution in [2.45, 2.75) is 26.8 Å². The fourth-order valence-corrected chi connectivity index (χ4v) is 1.09. The molecule has 0 aromatic carbocycles. The largest absolute Gasteiger partial charge is 0.469 e. The lowest BCUT2D eigenvalue weighted by Gasteiger charge is -1.99. The first-order valence-corrected chi connectivity index (χ1v) is 4.14. The maximum Gasteiger partial charge on any atom is 0.107 e. The van der Waals surface area contributed by atoms with E-state index in [0.29, 0.717) is 0 Å². The van der Waals surface area contributed by atoms with Gasteiger partial charge < -0.3 is 9.73 Å². The molecule has 0 aliphatic carbocycles. The first kappa shape index (κ1) is 8.34. The van der Waals surface area contributed by atoms with E-state index in [1.54, 1.807) is 6.26 Å². The predicted octanol–water partition coefficient (Wildman–Crippen LogP) is 1.95. The third-order valence-electron chi connectivity index (χ3n) is 1.72. The van der Waals surface area contributed by atoms with Crippen LogP contribution in [0.1, 0.15) is 25.2 Å². The molecule has 1 aromatic rings. The average Bonchev–Trinajstić information content (AvgIpc) is 2.47. The molecule has 0 amide bonds. The Labute approximate surface area is 67.6 Å². The van der Waals surface area contributed by atoms with Crippen LogP contribution in [0.15, 0.2) is 16.7 Å². The summed E-state index contributed by atoms with van der Waals surface area (Å²) in [7, 11) is 0. The van der Waals surface area contributed by atoms with E-state index in [1.807, 2.05) is 6.07 Å². The van der Waals surface area contributed by atoms with Gasteiger partial charge in [-0.1, -0.05) is 13.8 Å². The van der Waals surface area contributed by atoms with Gasteiger partial charge in [0.05, 0.1) is 6.26 Å². The maximum atomic E-state index is 5.27.